The summed E-state index contributed by atoms with van der Waals surface area (Å²) in [6.07, 6.45) is 4.82. The van der Waals surface area contributed by atoms with Crippen LogP contribution in [0.3, 0.4) is 0 Å². The van der Waals surface area contributed by atoms with Crippen LogP contribution in [0.1, 0.15) is 32.3 Å². The molecule has 2 saturated carbocycles. The zero-order chi connectivity index (χ0) is 22.5. The second-order valence-electron chi connectivity index (χ2n) is 9.04. The maximum atomic E-state index is 13.2. The molecule has 170 valence electrons. The molecular formula is C21H27F4N5O. The molecule has 10 heteroatoms. The Kier molecular flexibility index (Phi) is 5.61. The lowest BCUT2D eigenvalue weighted by molar-refractivity contribution is -0.146. The van der Waals surface area contributed by atoms with Crippen LogP contribution in [0.2, 0.25) is 0 Å². The van der Waals surface area contributed by atoms with Gasteiger partial charge in [-0.25, -0.2) is 13.8 Å². The lowest BCUT2D eigenvalue weighted by Crippen LogP contribution is -2.59. The molecule has 6 nitrogen and oxygen atoms in total. The van der Waals surface area contributed by atoms with E-state index in [9.17, 15) is 17.6 Å². The van der Waals surface area contributed by atoms with Crippen molar-refractivity contribution >= 4 is 11.5 Å². The van der Waals surface area contributed by atoms with Gasteiger partial charge < -0.3 is 21.2 Å². The first-order valence-electron chi connectivity index (χ1n) is 10.4. The van der Waals surface area contributed by atoms with Gasteiger partial charge >= 0.3 is 6.61 Å². The fourth-order valence-corrected chi connectivity index (χ4v) is 4.98. The minimum absolute atomic E-state index is 0.110. The van der Waals surface area contributed by atoms with Gasteiger partial charge in [-0.3, -0.25) is 4.90 Å². The Hall–Kier alpha value is -2.36. The molecule has 1 saturated heterocycles. The highest BCUT2D eigenvalue weighted by molar-refractivity contribution is 6.07. The molecule has 0 radical (unpaired) electrons. The lowest BCUT2D eigenvalue weighted by atomic mass is 9.98. The van der Waals surface area contributed by atoms with Crippen molar-refractivity contribution in [2.24, 2.45) is 17.8 Å². The van der Waals surface area contributed by atoms with Crippen molar-refractivity contribution in [3.8, 4) is 5.75 Å². The highest BCUT2D eigenvalue weighted by Crippen LogP contribution is 2.61. The van der Waals surface area contributed by atoms with Gasteiger partial charge in [-0.15, -0.1) is 0 Å². The van der Waals surface area contributed by atoms with Crippen LogP contribution in [-0.4, -0.2) is 53.3 Å². The minimum Gasteiger partial charge on any atom is -0.431 e. The molecule has 1 aliphatic heterocycles. The zero-order valence-electron chi connectivity index (χ0n) is 17.4. The predicted octanol–water partition coefficient (Wildman–Crippen LogP) is 3.49. The molecule has 0 amide bonds. The SMILES string of the molecule is CC(C)N/C(=C\C(=N)c1cnc(N)c(OC(F)F)c1)[C@H]1[C@@H]2CC(N3CC(F)(F)C3)C[C@@H]21. The van der Waals surface area contributed by atoms with Crippen LogP contribution >= 0.6 is 0 Å². The van der Waals surface area contributed by atoms with E-state index in [0.717, 1.165) is 18.5 Å². The number of likely N-dealkylation sites (tertiary alicyclic amines) is 1. The van der Waals surface area contributed by atoms with Gasteiger partial charge in [0.1, 0.15) is 0 Å². The van der Waals surface area contributed by atoms with Gasteiger partial charge in [0.05, 0.1) is 18.8 Å². The topological polar surface area (TPSA) is 87.3 Å². The summed E-state index contributed by atoms with van der Waals surface area (Å²) in [6.45, 7) is 0.672. The second-order valence-corrected chi connectivity index (χ2v) is 9.04. The van der Waals surface area contributed by atoms with Gasteiger partial charge in [0.2, 0.25) is 0 Å². The Morgan fingerprint density at radius 1 is 1.32 bits per heavy atom. The van der Waals surface area contributed by atoms with Crippen LogP contribution in [0.5, 0.6) is 5.75 Å². The quantitative estimate of drug-likeness (QED) is 0.425. The largest absolute Gasteiger partial charge is 0.431 e. The number of hydrogen-bond donors (Lipinski definition) is 3. The molecule has 31 heavy (non-hydrogen) atoms. The summed E-state index contributed by atoms with van der Waals surface area (Å²) >= 11 is 0. The van der Waals surface area contributed by atoms with Crippen molar-refractivity contribution < 1.29 is 22.3 Å². The Bertz CT molecular complexity index is 871. The molecule has 0 bridgehead atoms. The Morgan fingerprint density at radius 3 is 2.52 bits per heavy atom. The van der Waals surface area contributed by atoms with E-state index in [1.54, 1.807) is 6.08 Å². The summed E-state index contributed by atoms with van der Waals surface area (Å²) in [5.74, 6) is -1.91. The monoisotopic (exact) mass is 441 g/mol. The van der Waals surface area contributed by atoms with Crippen molar-refractivity contribution in [1.29, 1.82) is 5.41 Å². The van der Waals surface area contributed by atoms with E-state index >= 15 is 0 Å². The molecule has 4 atom stereocenters. The number of halogens is 4. The van der Waals surface area contributed by atoms with Gasteiger partial charge in [0.15, 0.2) is 11.6 Å². The molecule has 2 heterocycles. The van der Waals surface area contributed by atoms with Gasteiger partial charge in [-0.2, -0.15) is 8.78 Å². The molecule has 2 aliphatic carbocycles. The summed E-state index contributed by atoms with van der Waals surface area (Å²) in [4.78, 5) is 5.73. The first kappa shape index (κ1) is 21.9. The van der Waals surface area contributed by atoms with E-state index in [1.807, 2.05) is 18.7 Å². The average molecular weight is 441 g/mol. The van der Waals surface area contributed by atoms with E-state index in [4.69, 9.17) is 11.1 Å². The van der Waals surface area contributed by atoms with Crippen molar-refractivity contribution in [2.75, 3.05) is 18.8 Å². The number of nitrogens with one attached hydrogen (secondary N) is 2. The number of ether oxygens (including phenoxy) is 1. The van der Waals surface area contributed by atoms with Crippen molar-refractivity contribution in [3.63, 3.8) is 0 Å². The zero-order valence-corrected chi connectivity index (χ0v) is 17.4. The van der Waals surface area contributed by atoms with Gasteiger partial charge in [-0.05, 0) is 50.7 Å². The number of fused-ring (bicyclic) bond motifs is 1. The molecule has 1 aromatic heterocycles. The molecule has 4 N–H and O–H groups in total. The van der Waals surface area contributed by atoms with Crippen molar-refractivity contribution in [1.82, 2.24) is 15.2 Å². The maximum Gasteiger partial charge on any atom is 0.387 e. The average Bonchev–Trinajstić information content (AvgIpc) is 3.13. The van der Waals surface area contributed by atoms with E-state index < -0.39 is 12.5 Å². The van der Waals surface area contributed by atoms with Crippen molar-refractivity contribution in [3.05, 3.63) is 29.6 Å². The summed E-state index contributed by atoms with van der Waals surface area (Å²) in [5.41, 5.74) is 6.92. The Balaban J connectivity index is 1.45. The molecule has 1 unspecified atom stereocenters. The van der Waals surface area contributed by atoms with E-state index in [2.05, 4.69) is 15.0 Å². The first-order chi connectivity index (χ1) is 14.5. The third kappa shape index (κ3) is 4.63. The summed E-state index contributed by atoms with van der Waals surface area (Å²) in [6, 6.07) is 1.64. The number of anilines is 1. The summed E-state index contributed by atoms with van der Waals surface area (Å²) < 4.78 is 55.9. The van der Waals surface area contributed by atoms with Gasteiger partial charge in [0, 0.05) is 35.5 Å². The molecule has 1 aromatic rings. The Morgan fingerprint density at radius 2 is 1.97 bits per heavy atom. The van der Waals surface area contributed by atoms with Crippen LogP contribution < -0.4 is 15.8 Å². The number of rotatable bonds is 8. The third-order valence-electron chi connectivity index (χ3n) is 6.33. The normalized spacial score (nSPS) is 29.6. The van der Waals surface area contributed by atoms with E-state index in [1.165, 1.54) is 12.3 Å². The fourth-order valence-electron chi connectivity index (χ4n) is 4.98. The smallest absolute Gasteiger partial charge is 0.387 e. The molecule has 0 aromatic carbocycles. The predicted molar refractivity (Wildman–Crippen MR) is 108 cm³/mol. The molecule has 3 fully saturated rings. The first-order valence-corrected chi connectivity index (χ1v) is 10.4. The number of allylic oxidation sites excluding steroid dienone is 2. The standard InChI is InChI=1S/C21H27F4N5O/c1-10(2)29-16(6-15(26)11-3-17(31-20(22)23)19(27)28-7-11)18-13-4-12(5-14(13)18)30-8-21(24,25)9-30/h3,6-7,10,12-14,18,20,26,29H,4-5,8-9H2,1-2H3,(H2,27,28)/b16-6-,26-15?/t12?,13-,14+,18+. The third-order valence-corrected chi connectivity index (χ3v) is 6.33. The van der Waals surface area contributed by atoms with Crippen LogP contribution in [0.25, 0.3) is 0 Å². The minimum atomic E-state index is -3.03. The highest BCUT2D eigenvalue weighted by Gasteiger charge is 2.60. The van der Waals surface area contributed by atoms with E-state index in [0.29, 0.717) is 17.4 Å². The summed E-state index contributed by atoms with van der Waals surface area (Å²) in [7, 11) is 0. The molecular weight excluding hydrogens is 414 g/mol. The second kappa shape index (κ2) is 7.96. The maximum absolute atomic E-state index is 13.2. The number of aromatic nitrogens is 1. The molecule has 4 rings (SSSR count). The Labute approximate surface area is 178 Å². The summed E-state index contributed by atoms with van der Waals surface area (Å²) in [5, 5.41) is 11.8. The van der Waals surface area contributed by atoms with Crippen LogP contribution in [-0.2, 0) is 0 Å². The fraction of sp³-hybridized carbons (Fsp3) is 0.619. The van der Waals surface area contributed by atoms with E-state index in [-0.39, 0.29) is 48.4 Å². The van der Waals surface area contributed by atoms with Crippen LogP contribution in [0.4, 0.5) is 23.4 Å². The lowest BCUT2D eigenvalue weighted by Gasteiger charge is -2.43. The number of nitrogens with two attached hydrogens (primary N) is 1. The van der Waals surface area contributed by atoms with Crippen LogP contribution in [0.15, 0.2) is 24.0 Å². The number of pyridine rings is 1. The molecule has 0 spiro atoms. The highest BCUT2D eigenvalue weighted by atomic mass is 19.3. The van der Waals surface area contributed by atoms with Crippen molar-refractivity contribution in [2.45, 2.75) is 51.3 Å². The van der Waals surface area contributed by atoms with Crippen LogP contribution in [0, 0.1) is 23.2 Å². The van der Waals surface area contributed by atoms with Gasteiger partial charge in [-0.1, -0.05) is 0 Å². The number of hydrogen-bond acceptors (Lipinski definition) is 6. The number of nitrogen functional groups attached to an aromatic ring is 1. The number of alkyl halides is 4. The number of nitrogens with zero attached hydrogens (tertiary/aromatic N) is 2. The molecule has 3 aliphatic rings. The van der Waals surface area contributed by atoms with Gasteiger partial charge in [0.25, 0.3) is 5.92 Å².